The monoisotopic (exact) mass is 412 g/mol. The zero-order chi connectivity index (χ0) is 21.4. The summed E-state index contributed by atoms with van der Waals surface area (Å²) in [5, 5.41) is 20.0. The quantitative estimate of drug-likeness (QED) is 0.156. The first-order valence-corrected chi connectivity index (χ1v) is 13.6. The lowest BCUT2D eigenvalue weighted by Gasteiger charge is -2.15. The van der Waals surface area contributed by atoms with Gasteiger partial charge in [-0.15, -0.1) is 0 Å². The standard InChI is InChI=1S/C27H56O2/c1-3-5-7-8-9-10-11-12-13-14-15-16-17-18-19-20-22-24-27(29)25-26(28)23-21-6-4-2/h26-29H,3-25H2,1-2H3. The average molecular weight is 413 g/mol. The van der Waals surface area contributed by atoms with Gasteiger partial charge in [0.05, 0.1) is 12.2 Å². The third kappa shape index (κ3) is 24.1. The molecule has 0 aliphatic carbocycles. The molecule has 176 valence electrons. The number of rotatable bonds is 24. The topological polar surface area (TPSA) is 40.5 Å². The Balaban J connectivity index is 3.18. The van der Waals surface area contributed by atoms with Crippen molar-refractivity contribution in [2.24, 2.45) is 0 Å². The third-order valence-corrected chi connectivity index (χ3v) is 6.33. The van der Waals surface area contributed by atoms with Crippen molar-refractivity contribution in [1.29, 1.82) is 0 Å². The van der Waals surface area contributed by atoms with Crippen molar-refractivity contribution in [3.8, 4) is 0 Å². The van der Waals surface area contributed by atoms with E-state index in [1.54, 1.807) is 0 Å². The maximum Gasteiger partial charge on any atom is 0.0564 e. The van der Waals surface area contributed by atoms with Crippen LogP contribution in [-0.2, 0) is 0 Å². The summed E-state index contributed by atoms with van der Waals surface area (Å²) in [4.78, 5) is 0. The van der Waals surface area contributed by atoms with E-state index in [0.29, 0.717) is 6.42 Å². The minimum Gasteiger partial charge on any atom is -0.393 e. The van der Waals surface area contributed by atoms with Gasteiger partial charge in [-0.3, -0.25) is 0 Å². The van der Waals surface area contributed by atoms with Gasteiger partial charge in [0.25, 0.3) is 0 Å². The molecule has 2 heteroatoms. The Hall–Kier alpha value is -0.0800. The second-order valence-corrected chi connectivity index (χ2v) is 9.48. The van der Waals surface area contributed by atoms with E-state index in [1.165, 1.54) is 116 Å². The molecule has 0 bridgehead atoms. The Morgan fingerprint density at radius 1 is 0.379 bits per heavy atom. The van der Waals surface area contributed by atoms with Crippen LogP contribution in [0.25, 0.3) is 0 Å². The van der Waals surface area contributed by atoms with E-state index in [0.717, 1.165) is 25.7 Å². The van der Waals surface area contributed by atoms with Crippen LogP contribution in [-0.4, -0.2) is 22.4 Å². The van der Waals surface area contributed by atoms with Gasteiger partial charge in [-0.25, -0.2) is 0 Å². The molecule has 0 aliphatic rings. The highest BCUT2D eigenvalue weighted by Gasteiger charge is 2.11. The Bertz CT molecular complexity index is 292. The predicted octanol–water partition coefficient (Wildman–Crippen LogP) is 8.72. The minimum absolute atomic E-state index is 0.303. The maximum absolute atomic E-state index is 10.0. The molecule has 2 unspecified atom stereocenters. The van der Waals surface area contributed by atoms with Crippen LogP contribution in [0.15, 0.2) is 0 Å². The van der Waals surface area contributed by atoms with Crippen molar-refractivity contribution in [3.05, 3.63) is 0 Å². The summed E-state index contributed by atoms with van der Waals surface area (Å²) in [5.74, 6) is 0. The molecule has 2 nitrogen and oxygen atoms in total. The summed E-state index contributed by atoms with van der Waals surface area (Å²) in [7, 11) is 0. The van der Waals surface area contributed by atoms with Crippen molar-refractivity contribution in [2.75, 3.05) is 0 Å². The molecule has 0 rings (SSSR count). The van der Waals surface area contributed by atoms with Crippen LogP contribution in [0.1, 0.15) is 162 Å². The number of hydrogen-bond acceptors (Lipinski definition) is 2. The molecule has 0 saturated heterocycles. The van der Waals surface area contributed by atoms with Crippen LogP contribution in [0.2, 0.25) is 0 Å². The van der Waals surface area contributed by atoms with Crippen molar-refractivity contribution >= 4 is 0 Å². The molecule has 0 radical (unpaired) electrons. The lowest BCUT2D eigenvalue weighted by atomic mass is 10.00. The van der Waals surface area contributed by atoms with E-state index in [1.807, 2.05) is 0 Å². The highest BCUT2D eigenvalue weighted by molar-refractivity contribution is 4.64. The van der Waals surface area contributed by atoms with Crippen molar-refractivity contribution < 1.29 is 10.2 Å². The van der Waals surface area contributed by atoms with Gasteiger partial charge in [0, 0.05) is 0 Å². The largest absolute Gasteiger partial charge is 0.393 e. The van der Waals surface area contributed by atoms with Crippen molar-refractivity contribution in [3.63, 3.8) is 0 Å². The molecule has 0 spiro atoms. The van der Waals surface area contributed by atoms with Gasteiger partial charge in [0.1, 0.15) is 0 Å². The summed E-state index contributed by atoms with van der Waals surface area (Å²) < 4.78 is 0. The highest BCUT2D eigenvalue weighted by atomic mass is 16.3. The van der Waals surface area contributed by atoms with Gasteiger partial charge in [0.2, 0.25) is 0 Å². The lowest BCUT2D eigenvalue weighted by Crippen LogP contribution is -2.17. The summed E-state index contributed by atoms with van der Waals surface area (Å²) in [5.41, 5.74) is 0. The zero-order valence-corrected chi connectivity index (χ0v) is 20.3. The number of unbranched alkanes of at least 4 members (excludes halogenated alkanes) is 18. The summed E-state index contributed by atoms with van der Waals surface area (Å²) in [6, 6.07) is 0. The molecule has 0 aliphatic heterocycles. The third-order valence-electron chi connectivity index (χ3n) is 6.33. The first-order valence-electron chi connectivity index (χ1n) is 13.6. The van der Waals surface area contributed by atoms with Crippen LogP contribution >= 0.6 is 0 Å². The molecule has 2 atom stereocenters. The molecule has 0 aromatic carbocycles. The zero-order valence-electron chi connectivity index (χ0n) is 20.3. The van der Waals surface area contributed by atoms with E-state index >= 15 is 0 Å². The van der Waals surface area contributed by atoms with E-state index in [4.69, 9.17) is 0 Å². The average Bonchev–Trinajstić information content (AvgIpc) is 2.70. The molecular weight excluding hydrogens is 356 g/mol. The van der Waals surface area contributed by atoms with Gasteiger partial charge in [-0.1, -0.05) is 142 Å². The molecule has 0 fully saturated rings. The van der Waals surface area contributed by atoms with E-state index in [-0.39, 0.29) is 12.2 Å². The van der Waals surface area contributed by atoms with Gasteiger partial charge >= 0.3 is 0 Å². The lowest BCUT2D eigenvalue weighted by molar-refractivity contribution is 0.0681. The Morgan fingerprint density at radius 2 is 0.621 bits per heavy atom. The highest BCUT2D eigenvalue weighted by Crippen LogP contribution is 2.16. The van der Waals surface area contributed by atoms with E-state index in [9.17, 15) is 10.2 Å². The van der Waals surface area contributed by atoms with Crippen molar-refractivity contribution in [2.45, 2.75) is 174 Å². The smallest absolute Gasteiger partial charge is 0.0564 e. The molecular formula is C27H56O2. The second-order valence-electron chi connectivity index (χ2n) is 9.48. The Labute approximate surface area is 184 Å². The normalized spacial score (nSPS) is 13.7. The summed E-state index contributed by atoms with van der Waals surface area (Å²) >= 11 is 0. The molecule has 0 aromatic rings. The maximum atomic E-state index is 10.0. The number of aliphatic hydroxyl groups is 2. The van der Waals surface area contributed by atoms with Crippen LogP contribution in [0, 0.1) is 0 Å². The van der Waals surface area contributed by atoms with Gasteiger partial charge in [-0.2, -0.15) is 0 Å². The molecule has 0 aromatic heterocycles. The predicted molar refractivity (Wildman–Crippen MR) is 130 cm³/mol. The van der Waals surface area contributed by atoms with Crippen LogP contribution in [0.3, 0.4) is 0 Å². The SMILES string of the molecule is CCCCCCCCCCCCCCCCCCCC(O)CC(O)CCCCC. The van der Waals surface area contributed by atoms with Crippen molar-refractivity contribution in [1.82, 2.24) is 0 Å². The van der Waals surface area contributed by atoms with E-state index in [2.05, 4.69) is 13.8 Å². The fourth-order valence-corrected chi connectivity index (χ4v) is 4.28. The Kier molecular flexibility index (Phi) is 24.1. The minimum atomic E-state index is -0.303. The summed E-state index contributed by atoms with van der Waals surface area (Å²) in [6.45, 7) is 4.47. The number of aliphatic hydroxyl groups excluding tert-OH is 2. The van der Waals surface area contributed by atoms with Gasteiger partial charge in [-0.05, 0) is 19.3 Å². The summed E-state index contributed by atoms with van der Waals surface area (Å²) in [6.07, 6.45) is 28.7. The molecule has 0 heterocycles. The van der Waals surface area contributed by atoms with Crippen LogP contribution in [0.4, 0.5) is 0 Å². The molecule has 2 N–H and O–H groups in total. The molecule has 29 heavy (non-hydrogen) atoms. The molecule has 0 saturated carbocycles. The number of hydrogen-bond donors (Lipinski definition) is 2. The van der Waals surface area contributed by atoms with Crippen LogP contribution < -0.4 is 0 Å². The van der Waals surface area contributed by atoms with Gasteiger partial charge < -0.3 is 10.2 Å². The first-order chi connectivity index (χ1) is 14.2. The van der Waals surface area contributed by atoms with E-state index < -0.39 is 0 Å². The fraction of sp³-hybridized carbons (Fsp3) is 1.00. The molecule has 0 amide bonds. The van der Waals surface area contributed by atoms with Gasteiger partial charge in [0.15, 0.2) is 0 Å². The second kappa shape index (κ2) is 24.2. The first kappa shape index (κ1) is 28.9. The Morgan fingerprint density at radius 3 is 0.966 bits per heavy atom. The fourth-order valence-electron chi connectivity index (χ4n) is 4.28. The van der Waals surface area contributed by atoms with Crippen LogP contribution in [0.5, 0.6) is 0 Å².